The minimum absolute atomic E-state index is 0.0707. The lowest BCUT2D eigenvalue weighted by molar-refractivity contribution is -0.132. The Kier molecular flexibility index (Phi) is 5.40. The predicted molar refractivity (Wildman–Crippen MR) is 61.2 cm³/mol. The van der Waals surface area contributed by atoms with E-state index in [9.17, 15) is 4.79 Å². The number of carbonyl (C=O) groups is 1. The lowest BCUT2D eigenvalue weighted by Gasteiger charge is -2.26. The maximum absolute atomic E-state index is 11.9. The van der Waals surface area contributed by atoms with Crippen LogP contribution in [0, 0.1) is 0 Å². The number of rotatable bonds is 5. The fraction of sp³-hybridized carbons (Fsp3) is 0.909. The lowest BCUT2D eigenvalue weighted by Crippen LogP contribution is -2.42. The number of nitrogens with zero attached hydrogens (tertiary/aromatic N) is 1. The first-order chi connectivity index (χ1) is 7.20. The molecular formula is C11H20ClNO2. The topological polar surface area (TPSA) is 29.5 Å². The average Bonchev–Trinajstić information content (AvgIpc) is 2.72. The van der Waals surface area contributed by atoms with Crippen molar-refractivity contribution in [2.75, 3.05) is 19.8 Å². The standard InChI is InChI=1S/C11H20ClNO2/c1-3-10(12)11(14)13-7-5-6-9(13)8-15-4-2/h9-10H,3-8H2,1-2H3/t9-,10+/m1/s1. The van der Waals surface area contributed by atoms with Gasteiger partial charge >= 0.3 is 0 Å². The Labute approximate surface area is 96.7 Å². The van der Waals surface area contributed by atoms with E-state index in [2.05, 4.69) is 0 Å². The summed E-state index contributed by atoms with van der Waals surface area (Å²) in [6, 6.07) is 0.241. The van der Waals surface area contributed by atoms with E-state index < -0.39 is 0 Å². The van der Waals surface area contributed by atoms with Gasteiger partial charge in [-0.25, -0.2) is 0 Å². The summed E-state index contributed by atoms with van der Waals surface area (Å²) >= 11 is 5.96. The number of ether oxygens (including phenoxy) is 1. The summed E-state index contributed by atoms with van der Waals surface area (Å²) in [4.78, 5) is 13.8. The van der Waals surface area contributed by atoms with Crippen LogP contribution in [-0.4, -0.2) is 42.0 Å². The number of alkyl halides is 1. The normalized spacial score (nSPS) is 23.1. The van der Waals surface area contributed by atoms with Crippen molar-refractivity contribution in [3.05, 3.63) is 0 Å². The smallest absolute Gasteiger partial charge is 0.240 e. The lowest BCUT2D eigenvalue weighted by atomic mass is 10.2. The van der Waals surface area contributed by atoms with Crippen LogP contribution in [0.1, 0.15) is 33.1 Å². The number of likely N-dealkylation sites (tertiary alicyclic amines) is 1. The summed E-state index contributed by atoms with van der Waals surface area (Å²) in [6.07, 6.45) is 2.80. The number of carbonyl (C=O) groups excluding carboxylic acids is 1. The summed E-state index contributed by atoms with van der Waals surface area (Å²) in [7, 11) is 0. The zero-order valence-corrected chi connectivity index (χ0v) is 10.3. The highest BCUT2D eigenvalue weighted by atomic mass is 35.5. The van der Waals surface area contributed by atoms with Crippen LogP contribution in [0.2, 0.25) is 0 Å². The maximum atomic E-state index is 11.9. The molecule has 2 atom stereocenters. The molecule has 0 unspecified atom stereocenters. The molecule has 1 rings (SSSR count). The molecule has 15 heavy (non-hydrogen) atoms. The fourth-order valence-electron chi connectivity index (χ4n) is 1.91. The first kappa shape index (κ1) is 12.8. The number of amides is 1. The van der Waals surface area contributed by atoms with Gasteiger partial charge < -0.3 is 9.64 Å². The van der Waals surface area contributed by atoms with Crippen LogP contribution < -0.4 is 0 Å². The predicted octanol–water partition coefficient (Wildman–Crippen LogP) is 2.03. The molecule has 0 aromatic carbocycles. The average molecular weight is 234 g/mol. The molecular weight excluding hydrogens is 214 g/mol. The van der Waals surface area contributed by atoms with E-state index in [1.807, 2.05) is 18.7 Å². The molecule has 88 valence electrons. The third-order valence-corrected chi connectivity index (χ3v) is 3.30. The summed E-state index contributed by atoms with van der Waals surface area (Å²) < 4.78 is 5.37. The van der Waals surface area contributed by atoms with Crippen LogP contribution >= 0.6 is 11.6 Å². The molecule has 1 aliphatic heterocycles. The van der Waals surface area contributed by atoms with E-state index in [0.717, 1.165) is 19.4 Å². The highest BCUT2D eigenvalue weighted by molar-refractivity contribution is 6.30. The largest absolute Gasteiger partial charge is 0.380 e. The number of halogens is 1. The Bertz CT molecular complexity index is 211. The summed E-state index contributed by atoms with van der Waals surface area (Å²) in [5.74, 6) is 0.0707. The van der Waals surface area contributed by atoms with Gasteiger partial charge in [-0.1, -0.05) is 6.92 Å². The van der Waals surface area contributed by atoms with Crippen molar-refractivity contribution in [3.8, 4) is 0 Å². The molecule has 1 saturated heterocycles. The van der Waals surface area contributed by atoms with E-state index in [1.165, 1.54) is 0 Å². The van der Waals surface area contributed by atoms with E-state index in [-0.39, 0.29) is 17.3 Å². The molecule has 0 spiro atoms. The molecule has 0 bridgehead atoms. The molecule has 0 aliphatic carbocycles. The van der Waals surface area contributed by atoms with Gasteiger partial charge in [-0.2, -0.15) is 0 Å². The number of hydrogen-bond acceptors (Lipinski definition) is 2. The number of hydrogen-bond donors (Lipinski definition) is 0. The first-order valence-corrected chi connectivity index (χ1v) is 6.16. The van der Waals surface area contributed by atoms with Gasteiger partial charge in [0.15, 0.2) is 0 Å². The molecule has 0 saturated carbocycles. The van der Waals surface area contributed by atoms with Crippen LogP contribution in [0.3, 0.4) is 0 Å². The third-order valence-electron chi connectivity index (χ3n) is 2.80. The summed E-state index contributed by atoms with van der Waals surface area (Å²) in [6.45, 7) is 6.09. The molecule has 1 fully saturated rings. The van der Waals surface area contributed by atoms with Crippen molar-refractivity contribution < 1.29 is 9.53 Å². The monoisotopic (exact) mass is 233 g/mol. The molecule has 0 aromatic rings. The molecule has 1 aliphatic rings. The van der Waals surface area contributed by atoms with Gasteiger partial charge in [0, 0.05) is 13.2 Å². The quantitative estimate of drug-likeness (QED) is 0.680. The van der Waals surface area contributed by atoms with E-state index >= 15 is 0 Å². The van der Waals surface area contributed by atoms with E-state index in [1.54, 1.807) is 0 Å². The third kappa shape index (κ3) is 3.35. The first-order valence-electron chi connectivity index (χ1n) is 5.73. The Morgan fingerprint density at radius 2 is 2.33 bits per heavy atom. The van der Waals surface area contributed by atoms with Crippen LogP contribution in [0.4, 0.5) is 0 Å². The second-order valence-corrected chi connectivity index (χ2v) is 4.39. The van der Waals surface area contributed by atoms with Crippen molar-refractivity contribution >= 4 is 17.5 Å². The minimum Gasteiger partial charge on any atom is -0.380 e. The SMILES string of the molecule is CCOC[C@H]1CCCN1C(=O)[C@@H](Cl)CC. The van der Waals surface area contributed by atoms with Crippen molar-refractivity contribution in [1.82, 2.24) is 4.90 Å². The Morgan fingerprint density at radius 3 is 2.93 bits per heavy atom. The van der Waals surface area contributed by atoms with Crippen molar-refractivity contribution in [2.24, 2.45) is 0 Å². The zero-order chi connectivity index (χ0) is 11.3. The Balaban J connectivity index is 2.48. The molecule has 1 amide bonds. The molecule has 0 radical (unpaired) electrons. The summed E-state index contributed by atoms with van der Waals surface area (Å²) in [5.41, 5.74) is 0. The van der Waals surface area contributed by atoms with Crippen molar-refractivity contribution in [3.63, 3.8) is 0 Å². The van der Waals surface area contributed by atoms with Gasteiger partial charge in [0.1, 0.15) is 5.38 Å². The van der Waals surface area contributed by atoms with Crippen molar-refractivity contribution in [2.45, 2.75) is 44.5 Å². The molecule has 3 nitrogen and oxygen atoms in total. The Morgan fingerprint density at radius 1 is 1.60 bits per heavy atom. The van der Waals surface area contributed by atoms with E-state index in [0.29, 0.717) is 19.6 Å². The van der Waals surface area contributed by atoms with Gasteiger partial charge in [-0.15, -0.1) is 11.6 Å². The van der Waals surface area contributed by atoms with Crippen molar-refractivity contribution in [1.29, 1.82) is 0 Å². The van der Waals surface area contributed by atoms with E-state index in [4.69, 9.17) is 16.3 Å². The van der Waals surface area contributed by atoms with Gasteiger partial charge in [-0.3, -0.25) is 4.79 Å². The van der Waals surface area contributed by atoms with Crippen LogP contribution in [-0.2, 0) is 9.53 Å². The highest BCUT2D eigenvalue weighted by Crippen LogP contribution is 2.20. The highest BCUT2D eigenvalue weighted by Gasteiger charge is 2.31. The second kappa shape index (κ2) is 6.33. The van der Waals surface area contributed by atoms with Gasteiger partial charge in [0.2, 0.25) is 5.91 Å². The van der Waals surface area contributed by atoms with Crippen LogP contribution in [0.25, 0.3) is 0 Å². The zero-order valence-electron chi connectivity index (χ0n) is 9.54. The fourth-order valence-corrected chi connectivity index (χ4v) is 2.03. The molecule has 1 heterocycles. The van der Waals surface area contributed by atoms with Crippen LogP contribution in [0.5, 0.6) is 0 Å². The molecule has 0 N–H and O–H groups in total. The molecule has 4 heteroatoms. The maximum Gasteiger partial charge on any atom is 0.240 e. The van der Waals surface area contributed by atoms with Crippen LogP contribution in [0.15, 0.2) is 0 Å². The van der Waals surface area contributed by atoms with Gasteiger partial charge in [0.05, 0.1) is 12.6 Å². The molecule has 0 aromatic heterocycles. The summed E-state index contributed by atoms with van der Waals surface area (Å²) in [5, 5.41) is -0.368. The van der Waals surface area contributed by atoms with Gasteiger partial charge in [-0.05, 0) is 26.2 Å². The Hall–Kier alpha value is -0.280. The van der Waals surface area contributed by atoms with Gasteiger partial charge in [0.25, 0.3) is 0 Å². The minimum atomic E-state index is -0.368. The second-order valence-electron chi connectivity index (χ2n) is 3.86.